The summed E-state index contributed by atoms with van der Waals surface area (Å²) in [6, 6.07) is 14.1. The topological polar surface area (TPSA) is 175 Å². The van der Waals surface area contributed by atoms with Crippen molar-refractivity contribution in [1.29, 1.82) is 0 Å². The number of carbonyl (C=O) groups is 4. The molecule has 0 radical (unpaired) electrons. The fourth-order valence-corrected chi connectivity index (χ4v) is 8.25. The van der Waals surface area contributed by atoms with E-state index in [9.17, 15) is 19.2 Å². The van der Waals surface area contributed by atoms with E-state index in [0.29, 0.717) is 28.9 Å². The van der Waals surface area contributed by atoms with Gasteiger partial charge in [0.25, 0.3) is 0 Å². The molecule has 0 spiro atoms. The van der Waals surface area contributed by atoms with Crippen molar-refractivity contribution in [2.24, 2.45) is 11.8 Å². The maximum Gasteiger partial charge on any atom is 0.407 e. The number of halogens is 1. The first-order valence-electron chi connectivity index (χ1n) is 19.6. The van der Waals surface area contributed by atoms with E-state index in [1.165, 1.54) is 14.2 Å². The van der Waals surface area contributed by atoms with Gasteiger partial charge in [-0.15, -0.1) is 0 Å². The number of hydrogen-bond donors (Lipinski definition) is 4. The molecule has 2 fully saturated rings. The van der Waals surface area contributed by atoms with Crippen molar-refractivity contribution >= 4 is 35.6 Å². The van der Waals surface area contributed by atoms with E-state index < -0.39 is 24.3 Å². The Balaban J connectivity index is 1.15. The van der Waals surface area contributed by atoms with E-state index in [4.69, 9.17) is 31.0 Å². The maximum absolute atomic E-state index is 13.8. The third-order valence-corrected chi connectivity index (χ3v) is 11.5. The Bertz CT molecular complexity index is 2060. The second kappa shape index (κ2) is 17.4. The smallest absolute Gasteiger partial charge is 0.407 e. The fraction of sp³-hybridized carbons (Fsp3) is 0.476. The Morgan fingerprint density at radius 2 is 1.12 bits per heavy atom. The number of ether oxygens (including phenoxy) is 2. The van der Waals surface area contributed by atoms with E-state index in [2.05, 4.69) is 32.7 Å². The van der Waals surface area contributed by atoms with Crippen LogP contribution in [0.5, 0.6) is 0 Å². The molecular formula is C42H53ClN8O6. The number of imidazole rings is 2. The predicted octanol–water partition coefficient (Wildman–Crippen LogP) is 7.65. The molecule has 304 valence electrons. The van der Waals surface area contributed by atoms with Crippen LogP contribution < -0.4 is 10.6 Å². The number of amides is 4. The Labute approximate surface area is 338 Å². The second-order valence-corrected chi connectivity index (χ2v) is 16.1. The number of aromatic nitrogens is 4. The molecule has 14 nitrogen and oxygen atoms in total. The number of likely N-dealkylation sites (tertiary alicyclic amines) is 2. The Kier molecular flexibility index (Phi) is 12.6. The summed E-state index contributed by atoms with van der Waals surface area (Å²) in [5.74, 6) is 0.707. The predicted molar refractivity (Wildman–Crippen MR) is 217 cm³/mol. The first kappa shape index (κ1) is 41.3. The first-order chi connectivity index (χ1) is 27.2. The summed E-state index contributed by atoms with van der Waals surface area (Å²) in [6.45, 7) is 11.6. The summed E-state index contributed by atoms with van der Waals surface area (Å²) in [5.41, 5.74) is 5.26. The van der Waals surface area contributed by atoms with Crippen molar-refractivity contribution < 1.29 is 28.7 Å². The molecule has 6 atom stereocenters. The molecular weight excluding hydrogens is 748 g/mol. The quantitative estimate of drug-likeness (QED) is 0.120. The van der Waals surface area contributed by atoms with Crippen molar-refractivity contribution in [3.8, 4) is 33.6 Å². The molecule has 2 aromatic carbocycles. The van der Waals surface area contributed by atoms with Gasteiger partial charge >= 0.3 is 12.2 Å². The van der Waals surface area contributed by atoms with Crippen LogP contribution in [0.2, 0.25) is 5.15 Å². The SMILES string of the molecule is COC(=O)N[C@H](C(=O)N1[C@@H](C)CC[C@H]1c1ncc(-c2ccc(-c3ccc(-c4nc([C@@H]5CC[C@H](C)N5C(=O)[C@@H](NC(=O)OC)C(C)C)[nH]c4Cl)cc3)cc2)[nH]1)C(C)C. The monoisotopic (exact) mass is 800 g/mol. The molecule has 2 aliphatic rings. The van der Waals surface area contributed by atoms with Crippen molar-refractivity contribution in [2.75, 3.05) is 14.2 Å². The average Bonchev–Trinajstić information content (AvgIpc) is 4.01. The number of H-pyrrole nitrogens is 2. The van der Waals surface area contributed by atoms with Crippen LogP contribution in [-0.4, -0.2) is 92.1 Å². The van der Waals surface area contributed by atoms with Crippen LogP contribution in [0.3, 0.4) is 0 Å². The molecule has 0 unspecified atom stereocenters. The summed E-state index contributed by atoms with van der Waals surface area (Å²) < 4.78 is 9.56. The summed E-state index contributed by atoms with van der Waals surface area (Å²) >= 11 is 6.74. The molecule has 0 aliphatic carbocycles. The summed E-state index contributed by atoms with van der Waals surface area (Å²) in [7, 11) is 2.57. The molecule has 4 aromatic rings. The number of nitrogens with zero attached hydrogens (tertiary/aromatic N) is 4. The molecule has 4 N–H and O–H groups in total. The zero-order valence-corrected chi connectivity index (χ0v) is 34.5. The van der Waals surface area contributed by atoms with Gasteiger partial charge in [0.2, 0.25) is 11.8 Å². The normalized spacial score (nSPS) is 20.5. The van der Waals surface area contributed by atoms with Gasteiger partial charge in [-0.1, -0.05) is 87.8 Å². The molecule has 4 heterocycles. The van der Waals surface area contributed by atoms with Crippen molar-refractivity contribution in [2.45, 2.75) is 103 Å². The minimum absolute atomic E-state index is 0.00785. The molecule has 2 aromatic heterocycles. The standard InChI is InChI=1S/C42H53ClN8O6/c1-22(2)33(47-41(54)56-7)39(52)50-24(5)9-19-31(50)37-44-21-30(45-37)28-15-11-26(12-16-28)27-13-17-29(18-14-27)35-36(43)49-38(46-35)32-20-10-25(6)51(32)40(53)34(23(3)4)48-42(55)57-8/h11-18,21-25,31-34H,9-10,19-20H2,1-8H3,(H,44,45)(H,46,49)(H,47,54)(H,48,55)/t24-,25-,31-,32-,33-,34-/m0/s1. The zero-order chi connectivity index (χ0) is 41.1. The van der Waals surface area contributed by atoms with E-state index in [0.717, 1.165) is 47.2 Å². The summed E-state index contributed by atoms with van der Waals surface area (Å²) in [6.07, 6.45) is 3.60. The minimum Gasteiger partial charge on any atom is -0.453 e. The van der Waals surface area contributed by atoms with Crippen molar-refractivity contribution in [3.63, 3.8) is 0 Å². The highest BCUT2D eigenvalue weighted by Crippen LogP contribution is 2.39. The lowest BCUT2D eigenvalue weighted by Crippen LogP contribution is -2.52. The highest BCUT2D eigenvalue weighted by atomic mass is 35.5. The zero-order valence-electron chi connectivity index (χ0n) is 33.8. The number of hydrogen-bond acceptors (Lipinski definition) is 8. The number of nitrogens with one attached hydrogen (secondary N) is 4. The Morgan fingerprint density at radius 1 is 0.684 bits per heavy atom. The summed E-state index contributed by atoms with van der Waals surface area (Å²) in [5, 5.41) is 5.80. The van der Waals surface area contributed by atoms with Gasteiger partial charge < -0.3 is 39.9 Å². The molecule has 15 heteroatoms. The minimum atomic E-state index is -0.741. The van der Waals surface area contributed by atoms with E-state index in [-0.39, 0.29) is 47.8 Å². The Hall–Kier alpha value is -5.37. The molecule has 0 bridgehead atoms. The van der Waals surface area contributed by atoms with Crippen LogP contribution in [0.25, 0.3) is 33.6 Å². The van der Waals surface area contributed by atoms with Gasteiger partial charge in [-0.3, -0.25) is 9.59 Å². The number of aromatic amines is 2. The van der Waals surface area contributed by atoms with Gasteiger partial charge in [0, 0.05) is 17.6 Å². The first-order valence-corrected chi connectivity index (χ1v) is 19.9. The number of alkyl carbamates (subject to hydrolysis) is 2. The van der Waals surface area contributed by atoms with Crippen LogP contribution in [0.4, 0.5) is 9.59 Å². The van der Waals surface area contributed by atoms with Gasteiger partial charge in [-0.05, 0) is 68.1 Å². The number of methoxy groups -OCH3 is 2. The molecule has 6 rings (SSSR count). The lowest BCUT2D eigenvalue weighted by atomic mass is 10.0. The third-order valence-electron chi connectivity index (χ3n) is 11.2. The highest BCUT2D eigenvalue weighted by molar-refractivity contribution is 6.31. The van der Waals surface area contributed by atoms with Crippen molar-refractivity contribution in [3.05, 3.63) is 71.5 Å². The van der Waals surface area contributed by atoms with E-state index in [1.807, 2.05) is 82.8 Å². The maximum atomic E-state index is 13.8. The molecule has 57 heavy (non-hydrogen) atoms. The largest absolute Gasteiger partial charge is 0.453 e. The van der Waals surface area contributed by atoms with Gasteiger partial charge in [0.1, 0.15) is 34.6 Å². The fourth-order valence-electron chi connectivity index (χ4n) is 8.00. The van der Waals surface area contributed by atoms with Gasteiger partial charge in [-0.2, -0.15) is 0 Å². The molecule has 4 amide bonds. The van der Waals surface area contributed by atoms with E-state index in [1.54, 1.807) is 11.1 Å². The van der Waals surface area contributed by atoms with Crippen LogP contribution >= 0.6 is 11.6 Å². The van der Waals surface area contributed by atoms with Crippen LogP contribution in [-0.2, 0) is 19.1 Å². The lowest BCUT2D eigenvalue weighted by molar-refractivity contribution is -0.138. The number of carbonyl (C=O) groups excluding carboxylic acids is 4. The number of benzene rings is 2. The molecule has 2 aliphatic heterocycles. The van der Waals surface area contributed by atoms with E-state index >= 15 is 0 Å². The summed E-state index contributed by atoms with van der Waals surface area (Å²) in [4.78, 5) is 71.5. The molecule has 2 saturated heterocycles. The third kappa shape index (κ3) is 8.65. The van der Waals surface area contributed by atoms with Crippen LogP contribution in [0.15, 0.2) is 54.7 Å². The van der Waals surface area contributed by atoms with Gasteiger partial charge in [0.05, 0.1) is 38.2 Å². The van der Waals surface area contributed by atoms with Gasteiger partial charge in [-0.25, -0.2) is 19.6 Å². The second-order valence-electron chi connectivity index (χ2n) is 15.7. The van der Waals surface area contributed by atoms with Crippen LogP contribution in [0, 0.1) is 11.8 Å². The number of rotatable bonds is 11. The Morgan fingerprint density at radius 3 is 1.58 bits per heavy atom. The van der Waals surface area contributed by atoms with Gasteiger partial charge in [0.15, 0.2) is 0 Å². The average molecular weight is 801 g/mol. The molecule has 0 saturated carbocycles. The van der Waals surface area contributed by atoms with Crippen molar-refractivity contribution in [1.82, 2.24) is 40.4 Å². The lowest BCUT2D eigenvalue weighted by Gasteiger charge is -2.32. The highest BCUT2D eigenvalue weighted by Gasteiger charge is 2.43. The van der Waals surface area contributed by atoms with Crippen LogP contribution in [0.1, 0.15) is 91.0 Å².